The number of hydrogen-bond donors (Lipinski definition) is 3. The van der Waals surface area contributed by atoms with E-state index in [4.69, 9.17) is 4.74 Å². The quantitative estimate of drug-likeness (QED) is 0.416. The number of fused-ring (bicyclic) bond motifs is 2. The van der Waals surface area contributed by atoms with Gasteiger partial charge in [-0.15, -0.1) is 0 Å². The third-order valence-corrected chi connectivity index (χ3v) is 5.82. The molecule has 0 radical (unpaired) electrons. The van der Waals surface area contributed by atoms with Crippen molar-refractivity contribution in [3.63, 3.8) is 0 Å². The van der Waals surface area contributed by atoms with Gasteiger partial charge in [-0.1, -0.05) is 32.0 Å². The lowest BCUT2D eigenvalue weighted by Crippen LogP contribution is -2.18. The minimum absolute atomic E-state index is 0.0857. The van der Waals surface area contributed by atoms with Crippen molar-refractivity contribution in [2.45, 2.75) is 19.3 Å². The molecule has 5 rings (SSSR count). The Kier molecular flexibility index (Phi) is 4.70. The van der Waals surface area contributed by atoms with Crippen LogP contribution in [0.4, 0.5) is 11.4 Å². The predicted octanol–water partition coefficient (Wildman–Crippen LogP) is 5.28. The number of benzene rings is 3. The number of ether oxygens (including phenoxy) is 1. The van der Waals surface area contributed by atoms with Crippen LogP contribution in [-0.2, 0) is 5.41 Å². The van der Waals surface area contributed by atoms with E-state index in [0.717, 1.165) is 28.7 Å². The first-order valence-corrected chi connectivity index (χ1v) is 10.5. The highest BCUT2D eigenvalue weighted by molar-refractivity contribution is 6.13. The molecule has 3 aromatic carbocycles. The highest BCUT2D eigenvalue weighted by Crippen LogP contribution is 2.37. The van der Waals surface area contributed by atoms with Crippen LogP contribution in [0.5, 0.6) is 11.5 Å². The zero-order valence-corrected chi connectivity index (χ0v) is 17.9. The highest BCUT2D eigenvalue weighted by Gasteiger charge is 2.29. The van der Waals surface area contributed by atoms with E-state index in [1.807, 2.05) is 48.5 Å². The van der Waals surface area contributed by atoms with Crippen molar-refractivity contribution in [1.29, 1.82) is 0 Å². The molecular formula is C26H23N3O3. The van der Waals surface area contributed by atoms with Gasteiger partial charge in [-0.25, -0.2) is 0 Å². The first kappa shape index (κ1) is 19.9. The Morgan fingerprint density at radius 2 is 1.84 bits per heavy atom. The number of carbonyl (C=O) groups is 1. The van der Waals surface area contributed by atoms with E-state index in [2.05, 4.69) is 35.5 Å². The average Bonchev–Trinajstić information content (AvgIpc) is 3.08. The second kappa shape index (κ2) is 7.57. The summed E-state index contributed by atoms with van der Waals surface area (Å²) in [7, 11) is 0. The standard InChI is InChI=1S/C26H23N3O3/c1-26(2)15-28-23-13-17(6-10-22(23)26)29-25(31)21-5-3-4-16-12-18(7-9-20(16)21)32-19-8-11-24(30)27-14-19/h3-14,28H,15H2,1-2H3,(H,27,30)(H,29,31). The molecule has 0 saturated carbocycles. The second-order valence-electron chi connectivity index (χ2n) is 8.63. The van der Waals surface area contributed by atoms with Gasteiger partial charge in [0, 0.05) is 41.2 Å². The van der Waals surface area contributed by atoms with Crippen molar-refractivity contribution in [2.24, 2.45) is 0 Å². The van der Waals surface area contributed by atoms with E-state index in [1.165, 1.54) is 17.8 Å². The Hall–Kier alpha value is -4.06. The summed E-state index contributed by atoms with van der Waals surface area (Å²) in [5.74, 6) is 0.989. The lowest BCUT2D eigenvalue weighted by molar-refractivity contribution is 0.102. The Labute approximate surface area is 185 Å². The molecular weight excluding hydrogens is 402 g/mol. The molecule has 6 nitrogen and oxygen atoms in total. The first-order valence-electron chi connectivity index (χ1n) is 10.5. The lowest BCUT2D eigenvalue weighted by Gasteiger charge is -2.17. The van der Waals surface area contributed by atoms with Gasteiger partial charge in [0.25, 0.3) is 5.91 Å². The predicted molar refractivity (Wildman–Crippen MR) is 127 cm³/mol. The summed E-state index contributed by atoms with van der Waals surface area (Å²) in [5, 5.41) is 8.16. The lowest BCUT2D eigenvalue weighted by atomic mass is 9.87. The van der Waals surface area contributed by atoms with Crippen LogP contribution in [0.3, 0.4) is 0 Å². The summed E-state index contributed by atoms with van der Waals surface area (Å²) >= 11 is 0. The van der Waals surface area contributed by atoms with Gasteiger partial charge in [-0.2, -0.15) is 0 Å². The molecule has 0 aliphatic carbocycles. The molecule has 0 fully saturated rings. The van der Waals surface area contributed by atoms with E-state index in [1.54, 1.807) is 6.07 Å². The SMILES string of the molecule is CC1(C)CNc2cc(NC(=O)c3cccc4cc(Oc5ccc(=O)[nH]c5)ccc34)ccc21. The van der Waals surface area contributed by atoms with Crippen LogP contribution in [0.25, 0.3) is 10.8 Å². The fourth-order valence-electron chi connectivity index (χ4n) is 4.09. The third-order valence-electron chi connectivity index (χ3n) is 5.82. The van der Waals surface area contributed by atoms with Gasteiger partial charge in [0.1, 0.15) is 11.5 Å². The molecule has 0 atom stereocenters. The number of amides is 1. The zero-order chi connectivity index (χ0) is 22.3. The summed E-state index contributed by atoms with van der Waals surface area (Å²) < 4.78 is 5.82. The van der Waals surface area contributed by atoms with Crippen molar-refractivity contribution in [2.75, 3.05) is 17.2 Å². The average molecular weight is 425 g/mol. The van der Waals surface area contributed by atoms with Crippen LogP contribution in [0.1, 0.15) is 29.8 Å². The molecule has 3 N–H and O–H groups in total. The molecule has 160 valence electrons. The number of aromatic amines is 1. The number of aromatic nitrogens is 1. The summed E-state index contributed by atoms with van der Waals surface area (Å²) in [6.45, 7) is 5.29. The number of hydrogen-bond acceptors (Lipinski definition) is 4. The van der Waals surface area contributed by atoms with Crippen LogP contribution >= 0.6 is 0 Å². The summed E-state index contributed by atoms with van der Waals surface area (Å²) in [6.07, 6.45) is 1.52. The molecule has 1 aliphatic heterocycles. The topological polar surface area (TPSA) is 83.2 Å². The smallest absolute Gasteiger partial charge is 0.256 e. The Morgan fingerprint density at radius 3 is 2.66 bits per heavy atom. The van der Waals surface area contributed by atoms with Gasteiger partial charge in [-0.3, -0.25) is 9.59 Å². The zero-order valence-electron chi connectivity index (χ0n) is 17.9. The number of H-pyrrole nitrogens is 1. The molecule has 1 aromatic heterocycles. The summed E-state index contributed by atoms with van der Waals surface area (Å²) in [4.78, 5) is 26.9. The van der Waals surface area contributed by atoms with E-state index in [9.17, 15) is 9.59 Å². The number of anilines is 2. The Balaban J connectivity index is 1.40. The maximum atomic E-state index is 13.1. The molecule has 6 heteroatoms. The highest BCUT2D eigenvalue weighted by atomic mass is 16.5. The molecule has 2 heterocycles. The number of pyridine rings is 1. The maximum absolute atomic E-state index is 13.1. The number of nitrogens with one attached hydrogen (secondary N) is 3. The molecule has 4 aromatic rings. The van der Waals surface area contributed by atoms with Crippen LogP contribution in [0, 0.1) is 0 Å². The monoisotopic (exact) mass is 425 g/mol. The van der Waals surface area contributed by atoms with Gasteiger partial charge in [0.05, 0.1) is 0 Å². The molecule has 1 aliphatic rings. The van der Waals surface area contributed by atoms with E-state index < -0.39 is 0 Å². The minimum Gasteiger partial charge on any atom is -0.456 e. The number of carbonyl (C=O) groups excluding carboxylic acids is 1. The van der Waals surface area contributed by atoms with E-state index in [-0.39, 0.29) is 16.9 Å². The summed E-state index contributed by atoms with van der Waals surface area (Å²) in [6, 6.07) is 20.2. The van der Waals surface area contributed by atoms with Crippen LogP contribution < -0.4 is 20.9 Å². The van der Waals surface area contributed by atoms with Crippen molar-refractivity contribution in [1.82, 2.24) is 4.98 Å². The largest absolute Gasteiger partial charge is 0.456 e. The maximum Gasteiger partial charge on any atom is 0.256 e. The van der Waals surface area contributed by atoms with Gasteiger partial charge in [0.15, 0.2) is 0 Å². The Morgan fingerprint density at radius 1 is 1.00 bits per heavy atom. The van der Waals surface area contributed by atoms with E-state index >= 15 is 0 Å². The van der Waals surface area contributed by atoms with Crippen LogP contribution in [0.15, 0.2) is 77.7 Å². The van der Waals surface area contributed by atoms with Gasteiger partial charge >= 0.3 is 0 Å². The summed E-state index contributed by atoms with van der Waals surface area (Å²) in [5.41, 5.74) is 3.57. The molecule has 0 bridgehead atoms. The van der Waals surface area contributed by atoms with Gasteiger partial charge in [-0.05, 0) is 58.8 Å². The fraction of sp³-hybridized carbons (Fsp3) is 0.154. The van der Waals surface area contributed by atoms with Crippen LogP contribution in [0.2, 0.25) is 0 Å². The number of rotatable bonds is 4. The van der Waals surface area contributed by atoms with Crippen molar-refractivity contribution in [3.05, 3.63) is 94.4 Å². The van der Waals surface area contributed by atoms with Crippen molar-refractivity contribution < 1.29 is 9.53 Å². The second-order valence-corrected chi connectivity index (χ2v) is 8.63. The molecule has 0 spiro atoms. The first-order chi connectivity index (χ1) is 15.4. The molecule has 1 amide bonds. The van der Waals surface area contributed by atoms with E-state index in [0.29, 0.717) is 17.1 Å². The third kappa shape index (κ3) is 3.71. The molecule has 0 saturated heterocycles. The fourth-order valence-corrected chi connectivity index (χ4v) is 4.09. The van der Waals surface area contributed by atoms with Gasteiger partial charge in [0.2, 0.25) is 5.56 Å². The van der Waals surface area contributed by atoms with Crippen molar-refractivity contribution >= 4 is 28.1 Å². The van der Waals surface area contributed by atoms with Gasteiger partial charge < -0.3 is 20.4 Å². The van der Waals surface area contributed by atoms with Crippen molar-refractivity contribution in [3.8, 4) is 11.5 Å². The normalized spacial score (nSPS) is 13.9. The molecule has 32 heavy (non-hydrogen) atoms. The van der Waals surface area contributed by atoms with Crippen LogP contribution in [-0.4, -0.2) is 17.4 Å². The minimum atomic E-state index is -0.186. The molecule has 0 unspecified atom stereocenters. The Bertz CT molecular complexity index is 1380.